The number of ether oxygens (including phenoxy) is 1. The first-order valence-corrected chi connectivity index (χ1v) is 9.25. The van der Waals surface area contributed by atoms with E-state index in [1.165, 1.54) is 0 Å². The highest BCUT2D eigenvalue weighted by Crippen LogP contribution is 2.31. The van der Waals surface area contributed by atoms with Crippen molar-refractivity contribution >= 4 is 29.0 Å². The Morgan fingerprint density at radius 1 is 0.846 bits per heavy atom. The molecule has 0 amide bonds. The minimum absolute atomic E-state index is 0.0494. The number of hydrogen-bond acceptors (Lipinski definition) is 2. The number of halogens is 2. The molecule has 0 fully saturated rings. The van der Waals surface area contributed by atoms with E-state index in [2.05, 4.69) is 0 Å². The molecule has 2 nitrogen and oxygen atoms in total. The van der Waals surface area contributed by atoms with E-state index in [9.17, 15) is 4.79 Å². The molecule has 3 aromatic rings. The van der Waals surface area contributed by atoms with Crippen LogP contribution in [0.1, 0.15) is 15.9 Å². The molecule has 0 aliphatic rings. The van der Waals surface area contributed by atoms with Crippen molar-refractivity contribution in [1.82, 2.24) is 0 Å². The molecule has 3 aromatic carbocycles. The van der Waals surface area contributed by atoms with Crippen molar-refractivity contribution in [3.63, 3.8) is 0 Å². The van der Waals surface area contributed by atoms with Crippen LogP contribution in [0.15, 0.2) is 72.8 Å². The Morgan fingerprint density at radius 2 is 1.50 bits per heavy atom. The van der Waals surface area contributed by atoms with Crippen LogP contribution in [-0.4, -0.2) is 18.3 Å². The summed E-state index contributed by atoms with van der Waals surface area (Å²) in [6, 6.07) is 22.7. The van der Waals surface area contributed by atoms with Gasteiger partial charge in [-0.15, -0.1) is 11.6 Å². The number of rotatable bonds is 7. The summed E-state index contributed by atoms with van der Waals surface area (Å²) in [5, 5.41) is 0.674. The van der Waals surface area contributed by atoms with Gasteiger partial charge in [-0.05, 0) is 41.5 Å². The van der Waals surface area contributed by atoms with Crippen molar-refractivity contribution in [2.75, 3.05) is 12.5 Å². The normalized spacial score (nSPS) is 10.5. The van der Waals surface area contributed by atoms with Crippen LogP contribution in [0.3, 0.4) is 0 Å². The van der Waals surface area contributed by atoms with E-state index in [4.69, 9.17) is 27.9 Å². The highest BCUT2D eigenvalue weighted by molar-refractivity contribution is 6.33. The Labute approximate surface area is 163 Å². The fraction of sp³-hybridized carbons (Fsp3) is 0.136. The monoisotopic (exact) mass is 384 g/mol. The maximum atomic E-state index is 12.7. The van der Waals surface area contributed by atoms with Gasteiger partial charge < -0.3 is 4.74 Å². The summed E-state index contributed by atoms with van der Waals surface area (Å²) in [4.78, 5) is 12.7. The molecular weight excluding hydrogens is 367 g/mol. The first kappa shape index (κ1) is 18.5. The Hall–Kier alpha value is -2.29. The summed E-state index contributed by atoms with van der Waals surface area (Å²) < 4.78 is 5.44. The van der Waals surface area contributed by atoms with Crippen molar-refractivity contribution in [3.8, 4) is 16.9 Å². The van der Waals surface area contributed by atoms with Crippen LogP contribution < -0.4 is 4.74 Å². The zero-order valence-corrected chi connectivity index (χ0v) is 15.6. The van der Waals surface area contributed by atoms with Gasteiger partial charge in [-0.1, -0.05) is 54.1 Å². The van der Waals surface area contributed by atoms with Gasteiger partial charge in [0.2, 0.25) is 0 Å². The second kappa shape index (κ2) is 8.88. The molecule has 0 aromatic heterocycles. The van der Waals surface area contributed by atoms with Crippen molar-refractivity contribution in [2.24, 2.45) is 0 Å². The summed E-state index contributed by atoms with van der Waals surface area (Å²) in [7, 11) is 0. The number of hydrogen-bond donors (Lipinski definition) is 0. The van der Waals surface area contributed by atoms with Crippen LogP contribution in [-0.2, 0) is 6.42 Å². The number of benzene rings is 3. The Kier molecular flexibility index (Phi) is 6.32. The van der Waals surface area contributed by atoms with E-state index in [0.717, 1.165) is 16.7 Å². The topological polar surface area (TPSA) is 26.3 Å². The number of carbonyl (C=O) groups excluding carboxylic acids is 1. The van der Waals surface area contributed by atoms with Gasteiger partial charge in [0.05, 0.1) is 5.88 Å². The first-order chi connectivity index (χ1) is 12.7. The Balaban J connectivity index is 1.81. The molecule has 0 atom stereocenters. The lowest BCUT2D eigenvalue weighted by molar-refractivity contribution is 0.0993. The summed E-state index contributed by atoms with van der Waals surface area (Å²) in [5.41, 5.74) is 3.51. The summed E-state index contributed by atoms with van der Waals surface area (Å²) >= 11 is 11.9. The molecule has 0 aliphatic heterocycles. The molecule has 0 radical (unpaired) electrons. The van der Waals surface area contributed by atoms with Crippen molar-refractivity contribution < 1.29 is 9.53 Å². The summed E-state index contributed by atoms with van der Waals surface area (Å²) in [6.45, 7) is 0.445. The van der Waals surface area contributed by atoms with Gasteiger partial charge >= 0.3 is 0 Å². The zero-order chi connectivity index (χ0) is 18.4. The van der Waals surface area contributed by atoms with Gasteiger partial charge in [0, 0.05) is 22.6 Å². The fourth-order valence-corrected chi connectivity index (χ4v) is 3.10. The molecule has 4 heteroatoms. The highest BCUT2D eigenvalue weighted by Gasteiger charge is 2.13. The largest absolute Gasteiger partial charge is 0.492 e. The van der Waals surface area contributed by atoms with Crippen LogP contribution in [0.4, 0.5) is 0 Å². The van der Waals surface area contributed by atoms with Crippen molar-refractivity contribution in [3.05, 3.63) is 88.9 Å². The molecule has 0 saturated heterocycles. The Bertz CT molecular complexity index is 889. The van der Waals surface area contributed by atoms with Crippen LogP contribution >= 0.6 is 23.2 Å². The van der Waals surface area contributed by atoms with Crippen LogP contribution in [0.25, 0.3) is 11.1 Å². The first-order valence-electron chi connectivity index (χ1n) is 8.34. The van der Waals surface area contributed by atoms with E-state index >= 15 is 0 Å². The molecule has 132 valence electrons. The summed E-state index contributed by atoms with van der Waals surface area (Å²) in [6.07, 6.45) is 0.309. The third-order valence-electron chi connectivity index (χ3n) is 4.05. The SMILES string of the molecule is O=C(Cc1ccccc1-c1ccccc1Cl)c1ccc(OCCCl)cc1. The average molecular weight is 385 g/mol. The number of carbonyl (C=O) groups is 1. The molecule has 0 bridgehead atoms. The standard InChI is InChI=1S/C22H18Cl2O2/c23-13-14-26-18-11-9-16(10-12-18)22(25)15-17-5-1-2-6-19(17)20-7-3-4-8-21(20)24/h1-12H,13-15H2. The van der Waals surface area contributed by atoms with Crippen molar-refractivity contribution in [1.29, 1.82) is 0 Å². The third kappa shape index (κ3) is 4.46. The van der Waals surface area contributed by atoms with Gasteiger partial charge in [0.25, 0.3) is 0 Å². The van der Waals surface area contributed by atoms with Crippen LogP contribution in [0, 0.1) is 0 Å². The molecule has 26 heavy (non-hydrogen) atoms. The van der Waals surface area contributed by atoms with Gasteiger partial charge in [0.15, 0.2) is 5.78 Å². The number of ketones is 1. The fourth-order valence-electron chi connectivity index (χ4n) is 2.79. The summed E-state index contributed by atoms with van der Waals surface area (Å²) in [5.74, 6) is 1.19. The third-order valence-corrected chi connectivity index (χ3v) is 4.54. The Morgan fingerprint density at radius 3 is 2.19 bits per heavy atom. The van der Waals surface area contributed by atoms with E-state index in [1.807, 2.05) is 48.5 Å². The highest BCUT2D eigenvalue weighted by atomic mass is 35.5. The van der Waals surface area contributed by atoms with E-state index in [1.54, 1.807) is 24.3 Å². The molecule has 0 heterocycles. The van der Waals surface area contributed by atoms with Gasteiger partial charge in [0.1, 0.15) is 12.4 Å². The van der Waals surface area contributed by atoms with Gasteiger partial charge in [-0.2, -0.15) is 0 Å². The van der Waals surface area contributed by atoms with E-state index in [0.29, 0.717) is 35.2 Å². The molecule has 0 unspecified atom stereocenters. The molecule has 0 saturated carbocycles. The smallest absolute Gasteiger partial charge is 0.167 e. The van der Waals surface area contributed by atoms with Gasteiger partial charge in [-0.3, -0.25) is 4.79 Å². The zero-order valence-electron chi connectivity index (χ0n) is 14.1. The molecule has 0 N–H and O–H groups in total. The lowest BCUT2D eigenvalue weighted by Crippen LogP contribution is -2.05. The predicted molar refractivity (Wildman–Crippen MR) is 108 cm³/mol. The maximum absolute atomic E-state index is 12.7. The second-order valence-electron chi connectivity index (χ2n) is 5.80. The molecular formula is C22H18Cl2O2. The molecule has 3 rings (SSSR count). The number of Topliss-reactive ketones (excluding diaryl/α,β-unsaturated/α-hetero) is 1. The average Bonchev–Trinajstić information content (AvgIpc) is 2.68. The lowest BCUT2D eigenvalue weighted by Gasteiger charge is -2.11. The van der Waals surface area contributed by atoms with Crippen molar-refractivity contribution in [2.45, 2.75) is 6.42 Å². The van der Waals surface area contributed by atoms with Crippen LogP contribution in [0.2, 0.25) is 5.02 Å². The molecule has 0 aliphatic carbocycles. The maximum Gasteiger partial charge on any atom is 0.167 e. The lowest BCUT2D eigenvalue weighted by atomic mass is 9.94. The minimum Gasteiger partial charge on any atom is -0.492 e. The molecule has 0 spiro atoms. The second-order valence-corrected chi connectivity index (χ2v) is 6.58. The van der Waals surface area contributed by atoms with Gasteiger partial charge in [-0.25, -0.2) is 0 Å². The number of alkyl halides is 1. The van der Waals surface area contributed by atoms with E-state index in [-0.39, 0.29) is 5.78 Å². The van der Waals surface area contributed by atoms with Crippen LogP contribution in [0.5, 0.6) is 5.75 Å². The quantitative estimate of drug-likeness (QED) is 0.366. The minimum atomic E-state index is 0.0494. The van der Waals surface area contributed by atoms with E-state index < -0.39 is 0 Å². The predicted octanol–water partition coefficient (Wildman–Crippen LogP) is 6.05.